The molecular formula is C19H21NO4. The van der Waals surface area contributed by atoms with Crippen molar-refractivity contribution in [2.75, 3.05) is 19.5 Å². The van der Waals surface area contributed by atoms with Gasteiger partial charge >= 0.3 is 5.97 Å². The fourth-order valence-corrected chi connectivity index (χ4v) is 2.38. The summed E-state index contributed by atoms with van der Waals surface area (Å²) in [4.78, 5) is 23.4. The molecule has 0 heterocycles. The Balaban J connectivity index is 1.89. The SMILES string of the molecule is COC(=O)c1ccc(NC(=O)CCc2ccc(OC)c(C)c2)cc1. The zero-order valence-corrected chi connectivity index (χ0v) is 14.1. The van der Waals surface area contributed by atoms with Crippen molar-refractivity contribution in [2.45, 2.75) is 19.8 Å². The third-order valence-electron chi connectivity index (χ3n) is 3.69. The van der Waals surface area contributed by atoms with Crippen molar-refractivity contribution in [3.8, 4) is 5.75 Å². The van der Waals surface area contributed by atoms with Crippen LogP contribution >= 0.6 is 0 Å². The van der Waals surface area contributed by atoms with E-state index in [1.165, 1.54) is 7.11 Å². The van der Waals surface area contributed by atoms with Crippen LogP contribution in [0.1, 0.15) is 27.9 Å². The van der Waals surface area contributed by atoms with Crippen molar-refractivity contribution < 1.29 is 19.1 Å². The zero-order valence-electron chi connectivity index (χ0n) is 14.1. The van der Waals surface area contributed by atoms with E-state index in [0.717, 1.165) is 16.9 Å². The number of anilines is 1. The van der Waals surface area contributed by atoms with Crippen LogP contribution in [0, 0.1) is 6.92 Å². The molecule has 126 valence electrons. The fourth-order valence-electron chi connectivity index (χ4n) is 2.38. The quantitative estimate of drug-likeness (QED) is 0.826. The molecule has 0 aliphatic heterocycles. The molecule has 0 saturated heterocycles. The molecule has 0 spiro atoms. The standard InChI is InChI=1S/C19H21NO4/c1-13-12-14(4-10-17(13)23-2)5-11-18(21)20-16-8-6-15(7-9-16)19(22)24-3/h4,6-10,12H,5,11H2,1-3H3,(H,20,21). The van der Waals surface area contributed by atoms with Crippen molar-refractivity contribution in [3.05, 3.63) is 59.2 Å². The Morgan fingerprint density at radius 2 is 1.75 bits per heavy atom. The maximum atomic E-state index is 12.0. The smallest absolute Gasteiger partial charge is 0.337 e. The molecule has 0 fully saturated rings. The molecule has 5 heteroatoms. The van der Waals surface area contributed by atoms with Gasteiger partial charge in [-0.2, -0.15) is 0 Å². The molecule has 0 aliphatic rings. The van der Waals surface area contributed by atoms with Crippen molar-refractivity contribution in [1.82, 2.24) is 0 Å². The molecular weight excluding hydrogens is 306 g/mol. The van der Waals surface area contributed by atoms with E-state index in [-0.39, 0.29) is 5.91 Å². The molecule has 2 aromatic carbocycles. The lowest BCUT2D eigenvalue weighted by Crippen LogP contribution is -2.12. The Labute approximate surface area is 141 Å². The van der Waals surface area contributed by atoms with E-state index in [0.29, 0.717) is 24.1 Å². The molecule has 0 aliphatic carbocycles. The highest BCUT2D eigenvalue weighted by atomic mass is 16.5. The van der Waals surface area contributed by atoms with Crippen LogP contribution in [-0.4, -0.2) is 26.1 Å². The summed E-state index contributed by atoms with van der Waals surface area (Å²) in [5.74, 6) is 0.367. The number of hydrogen-bond donors (Lipinski definition) is 1. The second-order valence-corrected chi connectivity index (χ2v) is 5.42. The van der Waals surface area contributed by atoms with E-state index in [1.54, 1.807) is 31.4 Å². The molecule has 1 N–H and O–H groups in total. The number of hydrogen-bond acceptors (Lipinski definition) is 4. The van der Waals surface area contributed by atoms with Crippen molar-refractivity contribution in [2.24, 2.45) is 0 Å². The van der Waals surface area contributed by atoms with Gasteiger partial charge in [0.1, 0.15) is 5.75 Å². The topological polar surface area (TPSA) is 64.6 Å². The van der Waals surface area contributed by atoms with Crippen molar-refractivity contribution in [3.63, 3.8) is 0 Å². The predicted molar refractivity (Wildman–Crippen MR) is 92.5 cm³/mol. The lowest BCUT2D eigenvalue weighted by atomic mass is 10.1. The van der Waals surface area contributed by atoms with Gasteiger partial charge in [-0.05, 0) is 54.8 Å². The Morgan fingerprint density at radius 1 is 1.04 bits per heavy atom. The van der Waals surface area contributed by atoms with E-state index in [9.17, 15) is 9.59 Å². The minimum absolute atomic E-state index is 0.0747. The van der Waals surface area contributed by atoms with Crippen LogP contribution in [0.4, 0.5) is 5.69 Å². The molecule has 0 saturated carbocycles. The van der Waals surface area contributed by atoms with Gasteiger partial charge in [0, 0.05) is 12.1 Å². The maximum Gasteiger partial charge on any atom is 0.337 e. The monoisotopic (exact) mass is 327 g/mol. The average Bonchev–Trinajstić information content (AvgIpc) is 2.60. The van der Waals surface area contributed by atoms with Crippen LogP contribution in [0.15, 0.2) is 42.5 Å². The minimum Gasteiger partial charge on any atom is -0.496 e. The number of nitrogens with one attached hydrogen (secondary N) is 1. The lowest BCUT2D eigenvalue weighted by Gasteiger charge is -2.08. The maximum absolute atomic E-state index is 12.0. The van der Waals surface area contributed by atoms with Gasteiger partial charge in [-0.3, -0.25) is 4.79 Å². The molecule has 24 heavy (non-hydrogen) atoms. The third-order valence-corrected chi connectivity index (χ3v) is 3.69. The summed E-state index contributed by atoms with van der Waals surface area (Å²) in [6.07, 6.45) is 1.03. The van der Waals surface area contributed by atoms with Crippen LogP contribution < -0.4 is 10.1 Å². The number of benzene rings is 2. The molecule has 0 unspecified atom stereocenters. The number of carbonyl (C=O) groups is 2. The van der Waals surface area contributed by atoms with Crippen LogP contribution in [0.5, 0.6) is 5.75 Å². The summed E-state index contributed by atoms with van der Waals surface area (Å²) in [6.45, 7) is 1.98. The highest BCUT2D eigenvalue weighted by molar-refractivity contribution is 5.93. The molecule has 0 aromatic heterocycles. The zero-order chi connectivity index (χ0) is 17.5. The molecule has 5 nitrogen and oxygen atoms in total. The Bertz CT molecular complexity index is 723. The first-order valence-corrected chi connectivity index (χ1v) is 7.65. The second-order valence-electron chi connectivity index (χ2n) is 5.42. The third kappa shape index (κ3) is 4.59. The fraction of sp³-hybridized carbons (Fsp3) is 0.263. The lowest BCUT2D eigenvalue weighted by molar-refractivity contribution is -0.116. The molecule has 2 rings (SSSR count). The number of amides is 1. The normalized spacial score (nSPS) is 10.1. The molecule has 0 atom stereocenters. The summed E-state index contributed by atoms with van der Waals surface area (Å²) in [7, 11) is 2.97. The Kier molecular flexibility index (Phi) is 5.95. The summed E-state index contributed by atoms with van der Waals surface area (Å²) in [5, 5.41) is 2.82. The highest BCUT2D eigenvalue weighted by Crippen LogP contribution is 2.19. The largest absolute Gasteiger partial charge is 0.496 e. The summed E-state index contributed by atoms with van der Waals surface area (Å²) < 4.78 is 9.86. The first kappa shape index (κ1) is 17.5. The van der Waals surface area contributed by atoms with Crippen molar-refractivity contribution >= 4 is 17.6 Å². The highest BCUT2D eigenvalue weighted by Gasteiger charge is 2.07. The number of aryl methyl sites for hydroxylation is 2. The van der Waals surface area contributed by atoms with Gasteiger partial charge < -0.3 is 14.8 Å². The molecule has 0 bridgehead atoms. The molecule has 1 amide bonds. The van der Waals surface area contributed by atoms with Gasteiger partial charge in [-0.15, -0.1) is 0 Å². The van der Waals surface area contributed by atoms with Crippen LogP contribution in [-0.2, 0) is 16.0 Å². The van der Waals surface area contributed by atoms with Gasteiger partial charge in [0.05, 0.1) is 19.8 Å². The van der Waals surface area contributed by atoms with Gasteiger partial charge in [-0.25, -0.2) is 4.79 Å². The number of rotatable bonds is 6. The van der Waals surface area contributed by atoms with E-state index in [2.05, 4.69) is 10.1 Å². The first-order valence-electron chi connectivity index (χ1n) is 7.65. The minimum atomic E-state index is -0.400. The van der Waals surface area contributed by atoms with Gasteiger partial charge in [0.25, 0.3) is 0 Å². The Hall–Kier alpha value is -2.82. The van der Waals surface area contributed by atoms with Gasteiger partial charge in [-0.1, -0.05) is 12.1 Å². The number of ether oxygens (including phenoxy) is 2. The Morgan fingerprint density at radius 3 is 2.33 bits per heavy atom. The summed E-state index contributed by atoms with van der Waals surface area (Å²) >= 11 is 0. The van der Waals surface area contributed by atoms with Gasteiger partial charge in [0.2, 0.25) is 5.91 Å². The predicted octanol–water partition coefficient (Wildman–Crippen LogP) is 3.36. The van der Waals surface area contributed by atoms with E-state index >= 15 is 0 Å². The van der Waals surface area contributed by atoms with Crippen LogP contribution in [0.25, 0.3) is 0 Å². The van der Waals surface area contributed by atoms with E-state index < -0.39 is 5.97 Å². The number of esters is 1. The number of methoxy groups -OCH3 is 2. The van der Waals surface area contributed by atoms with E-state index in [4.69, 9.17) is 4.74 Å². The molecule has 2 aromatic rings. The number of carbonyl (C=O) groups excluding carboxylic acids is 2. The molecule has 0 radical (unpaired) electrons. The average molecular weight is 327 g/mol. The first-order chi connectivity index (χ1) is 11.5. The van der Waals surface area contributed by atoms with Crippen molar-refractivity contribution in [1.29, 1.82) is 0 Å². The van der Waals surface area contributed by atoms with E-state index in [1.807, 2.05) is 25.1 Å². The van der Waals surface area contributed by atoms with Crippen LogP contribution in [0.2, 0.25) is 0 Å². The summed E-state index contributed by atoms with van der Waals surface area (Å²) in [5.41, 5.74) is 3.24. The summed E-state index contributed by atoms with van der Waals surface area (Å²) in [6, 6.07) is 12.5. The van der Waals surface area contributed by atoms with Gasteiger partial charge in [0.15, 0.2) is 0 Å². The second kappa shape index (κ2) is 8.15. The van der Waals surface area contributed by atoms with Crippen LogP contribution in [0.3, 0.4) is 0 Å².